The van der Waals surface area contributed by atoms with E-state index in [0.29, 0.717) is 24.2 Å². The first-order valence-corrected chi connectivity index (χ1v) is 11.5. The van der Waals surface area contributed by atoms with E-state index in [0.717, 1.165) is 30.4 Å². The standard InChI is InChI=1S/C19H30N6O2S/c1-5-7-13(3)28(26,27)24-15-10-14(6-2)17(11-15)25-16-8-9-21-19(16)22-12-18(25)23-20-4/h8-9,12-15,17,21,24H,4-7,10-11H2,1-3H3/b23-18-/t13?,14-,15+,17?/m1/s1. The van der Waals surface area contributed by atoms with Gasteiger partial charge in [0.25, 0.3) is 0 Å². The molecule has 1 aliphatic rings. The number of aromatic nitrogens is 3. The Morgan fingerprint density at radius 2 is 2.21 bits per heavy atom. The van der Waals surface area contributed by atoms with Crippen LogP contribution in [0.1, 0.15) is 58.9 Å². The number of nitrogens with one attached hydrogen (secondary N) is 2. The second-order valence-electron chi connectivity index (χ2n) is 7.61. The van der Waals surface area contributed by atoms with Crippen molar-refractivity contribution in [2.45, 2.75) is 70.2 Å². The van der Waals surface area contributed by atoms with Gasteiger partial charge in [-0.2, -0.15) is 5.10 Å². The monoisotopic (exact) mass is 406 g/mol. The number of fused-ring (bicyclic) bond motifs is 1. The van der Waals surface area contributed by atoms with Crippen LogP contribution in [-0.4, -0.2) is 41.0 Å². The average molecular weight is 407 g/mol. The summed E-state index contributed by atoms with van der Waals surface area (Å²) in [6, 6.07) is 2.00. The third-order valence-electron chi connectivity index (χ3n) is 5.76. The Morgan fingerprint density at radius 3 is 2.89 bits per heavy atom. The van der Waals surface area contributed by atoms with Crippen LogP contribution in [0.5, 0.6) is 0 Å². The first-order valence-electron chi connectivity index (χ1n) is 9.96. The minimum atomic E-state index is -3.32. The topological polar surface area (TPSA) is 104 Å². The fraction of sp³-hybridized carbons (Fsp3) is 0.632. The quantitative estimate of drug-likeness (QED) is 0.520. The molecule has 0 radical (unpaired) electrons. The third kappa shape index (κ3) is 4.05. The lowest BCUT2D eigenvalue weighted by Gasteiger charge is -2.22. The summed E-state index contributed by atoms with van der Waals surface area (Å²) in [5.74, 6) is 0.332. The molecule has 1 saturated carbocycles. The van der Waals surface area contributed by atoms with Crippen LogP contribution in [-0.2, 0) is 10.0 Å². The van der Waals surface area contributed by atoms with Crippen molar-refractivity contribution in [2.24, 2.45) is 16.1 Å². The Balaban J connectivity index is 1.95. The van der Waals surface area contributed by atoms with Gasteiger partial charge in [-0.15, -0.1) is 5.10 Å². The van der Waals surface area contributed by atoms with Crippen LogP contribution in [0.3, 0.4) is 0 Å². The minimum absolute atomic E-state index is 0.0848. The predicted molar refractivity (Wildman–Crippen MR) is 111 cm³/mol. The number of sulfonamides is 1. The van der Waals surface area contributed by atoms with Crippen LogP contribution in [0.15, 0.2) is 28.7 Å². The molecule has 3 rings (SSSR count). The predicted octanol–water partition coefficient (Wildman–Crippen LogP) is 2.72. The fourth-order valence-corrected chi connectivity index (χ4v) is 5.75. The second-order valence-corrected chi connectivity index (χ2v) is 9.74. The number of H-pyrrole nitrogens is 1. The molecule has 0 spiro atoms. The van der Waals surface area contributed by atoms with Crippen molar-refractivity contribution in [1.29, 1.82) is 0 Å². The number of hydrogen-bond acceptors (Lipinski definition) is 5. The molecule has 0 aliphatic heterocycles. The number of hydrogen-bond donors (Lipinski definition) is 2. The van der Waals surface area contributed by atoms with Crippen molar-refractivity contribution >= 4 is 27.9 Å². The summed E-state index contributed by atoms with van der Waals surface area (Å²) in [4.78, 5) is 7.53. The number of aromatic amines is 1. The Bertz CT molecular complexity index is 993. The maximum absolute atomic E-state index is 12.7. The summed E-state index contributed by atoms with van der Waals surface area (Å²) in [5, 5.41) is 7.48. The summed E-state index contributed by atoms with van der Waals surface area (Å²) in [5.41, 5.74) is 2.35. The Morgan fingerprint density at radius 1 is 1.43 bits per heavy atom. The summed E-state index contributed by atoms with van der Waals surface area (Å²) in [6.45, 7) is 9.41. The normalized spacial score (nSPS) is 24.7. The molecule has 1 aliphatic carbocycles. The summed E-state index contributed by atoms with van der Waals surface area (Å²) in [6.07, 6.45) is 7.52. The van der Waals surface area contributed by atoms with Gasteiger partial charge in [-0.25, -0.2) is 18.1 Å². The van der Waals surface area contributed by atoms with Crippen molar-refractivity contribution in [1.82, 2.24) is 19.3 Å². The van der Waals surface area contributed by atoms with Gasteiger partial charge >= 0.3 is 0 Å². The molecule has 0 aromatic carbocycles. The smallest absolute Gasteiger partial charge is 0.214 e. The third-order valence-corrected chi connectivity index (χ3v) is 7.72. The SMILES string of the molecule is C=N/N=c1/cnc2[nH]ccc2n1C1C[C@@H](NS(=O)(=O)C(C)CCC)C[C@H]1CC. The van der Waals surface area contributed by atoms with Gasteiger partial charge in [0.1, 0.15) is 0 Å². The fourth-order valence-electron chi connectivity index (χ4n) is 4.32. The van der Waals surface area contributed by atoms with Gasteiger partial charge in [-0.05, 0) is 38.2 Å². The van der Waals surface area contributed by atoms with E-state index in [9.17, 15) is 8.42 Å². The first-order chi connectivity index (χ1) is 13.4. The van der Waals surface area contributed by atoms with Crippen LogP contribution in [0, 0.1) is 5.92 Å². The Hall–Kier alpha value is -2.00. The van der Waals surface area contributed by atoms with Crippen molar-refractivity contribution in [3.05, 3.63) is 23.9 Å². The molecule has 2 aromatic heterocycles. The molecule has 0 bridgehead atoms. The summed E-state index contributed by atoms with van der Waals surface area (Å²) in [7, 11) is -3.32. The zero-order valence-corrected chi connectivity index (χ0v) is 17.6. The largest absolute Gasteiger partial charge is 0.345 e. The summed E-state index contributed by atoms with van der Waals surface area (Å²) < 4.78 is 30.5. The van der Waals surface area contributed by atoms with Gasteiger partial charge in [0.05, 0.1) is 17.0 Å². The van der Waals surface area contributed by atoms with E-state index in [1.54, 1.807) is 13.1 Å². The Kier molecular flexibility index (Phi) is 6.34. The average Bonchev–Trinajstić information content (AvgIpc) is 3.28. The molecule has 4 atom stereocenters. The van der Waals surface area contributed by atoms with E-state index in [4.69, 9.17) is 0 Å². The van der Waals surface area contributed by atoms with Gasteiger partial charge in [0.2, 0.25) is 10.0 Å². The van der Waals surface area contributed by atoms with Gasteiger partial charge in [-0.3, -0.25) is 0 Å². The zero-order valence-electron chi connectivity index (χ0n) is 16.8. The van der Waals surface area contributed by atoms with Crippen LogP contribution in [0.2, 0.25) is 0 Å². The molecule has 0 saturated heterocycles. The lowest BCUT2D eigenvalue weighted by atomic mass is 10.00. The minimum Gasteiger partial charge on any atom is -0.345 e. The van der Waals surface area contributed by atoms with Gasteiger partial charge in [0, 0.05) is 25.0 Å². The molecule has 9 heteroatoms. The van der Waals surface area contributed by atoms with Crippen LogP contribution >= 0.6 is 0 Å². The highest BCUT2D eigenvalue weighted by atomic mass is 32.2. The lowest BCUT2D eigenvalue weighted by molar-refractivity contribution is 0.367. The molecule has 2 N–H and O–H groups in total. The lowest BCUT2D eigenvalue weighted by Crippen LogP contribution is -2.39. The number of rotatable bonds is 8. The van der Waals surface area contributed by atoms with Gasteiger partial charge in [-0.1, -0.05) is 26.7 Å². The molecule has 28 heavy (non-hydrogen) atoms. The van der Waals surface area contributed by atoms with E-state index >= 15 is 0 Å². The van der Waals surface area contributed by atoms with E-state index in [2.05, 4.69) is 43.1 Å². The zero-order chi connectivity index (χ0) is 20.3. The molecular formula is C19H30N6O2S. The highest BCUT2D eigenvalue weighted by molar-refractivity contribution is 7.90. The maximum Gasteiger partial charge on any atom is 0.214 e. The molecule has 1 fully saturated rings. The molecule has 8 nitrogen and oxygen atoms in total. The van der Waals surface area contributed by atoms with E-state index in [1.165, 1.54) is 0 Å². The van der Waals surface area contributed by atoms with Crippen molar-refractivity contribution in [3.63, 3.8) is 0 Å². The van der Waals surface area contributed by atoms with Crippen molar-refractivity contribution < 1.29 is 8.42 Å². The summed E-state index contributed by atoms with van der Waals surface area (Å²) >= 11 is 0. The van der Waals surface area contributed by atoms with Crippen molar-refractivity contribution in [2.75, 3.05) is 0 Å². The Labute approximate surface area is 166 Å². The molecule has 2 heterocycles. The highest BCUT2D eigenvalue weighted by Gasteiger charge is 2.38. The van der Waals surface area contributed by atoms with Crippen LogP contribution < -0.4 is 10.2 Å². The molecule has 0 amide bonds. The molecule has 2 unspecified atom stereocenters. The van der Waals surface area contributed by atoms with Crippen molar-refractivity contribution in [3.8, 4) is 0 Å². The van der Waals surface area contributed by atoms with E-state index in [1.807, 2.05) is 19.2 Å². The van der Waals surface area contributed by atoms with Crippen LogP contribution in [0.25, 0.3) is 11.2 Å². The second kappa shape index (κ2) is 8.57. The number of nitrogens with zero attached hydrogens (tertiary/aromatic N) is 4. The van der Waals surface area contributed by atoms with Gasteiger partial charge in [0.15, 0.2) is 11.1 Å². The maximum atomic E-state index is 12.7. The van der Waals surface area contributed by atoms with Gasteiger partial charge < -0.3 is 9.55 Å². The molecular weight excluding hydrogens is 376 g/mol. The van der Waals surface area contributed by atoms with E-state index in [-0.39, 0.29) is 17.3 Å². The van der Waals surface area contributed by atoms with Crippen LogP contribution in [0.4, 0.5) is 0 Å². The highest BCUT2D eigenvalue weighted by Crippen LogP contribution is 2.39. The molecule has 154 valence electrons. The van der Waals surface area contributed by atoms with E-state index < -0.39 is 10.0 Å². The first kappa shape index (κ1) is 20.7. The molecule has 2 aromatic rings.